The molecule has 0 saturated heterocycles. The Balaban J connectivity index is 1.73. The van der Waals surface area contributed by atoms with Crippen molar-refractivity contribution in [3.8, 4) is 0 Å². The molecular formula is C25H33N5O4S. The number of aromatic nitrogens is 2. The summed E-state index contributed by atoms with van der Waals surface area (Å²) >= 11 is 0. The van der Waals surface area contributed by atoms with Crippen LogP contribution in [0.25, 0.3) is 11.0 Å². The number of fused-ring (bicyclic) bond motifs is 1. The number of nitrogens with one attached hydrogen (secondary N) is 2. The molecule has 0 saturated carbocycles. The molecule has 0 unspecified atom stereocenters. The lowest BCUT2D eigenvalue weighted by molar-refractivity contribution is -0.121. The highest BCUT2D eigenvalue weighted by Crippen LogP contribution is 2.23. The molecule has 9 nitrogen and oxygen atoms in total. The van der Waals surface area contributed by atoms with Crippen LogP contribution in [0.3, 0.4) is 0 Å². The highest BCUT2D eigenvalue weighted by molar-refractivity contribution is 7.89. The first kappa shape index (κ1) is 26.4. The molecule has 2 N–H and O–H groups in total. The van der Waals surface area contributed by atoms with Crippen LogP contribution in [-0.2, 0) is 34.3 Å². The molecule has 0 spiro atoms. The molecule has 0 aliphatic rings. The molecule has 3 rings (SSSR count). The van der Waals surface area contributed by atoms with Gasteiger partial charge < -0.3 is 15.2 Å². The zero-order valence-electron chi connectivity index (χ0n) is 20.7. The first-order chi connectivity index (χ1) is 16.7. The predicted molar refractivity (Wildman–Crippen MR) is 136 cm³/mol. The van der Waals surface area contributed by atoms with Crippen LogP contribution >= 0.6 is 0 Å². The van der Waals surface area contributed by atoms with Gasteiger partial charge in [0, 0.05) is 52.6 Å². The molecule has 35 heavy (non-hydrogen) atoms. The number of sulfonamides is 1. The molecule has 0 aliphatic heterocycles. The Morgan fingerprint density at radius 1 is 1.11 bits per heavy atom. The molecule has 0 radical (unpaired) electrons. The van der Waals surface area contributed by atoms with E-state index in [0.717, 1.165) is 36.3 Å². The zero-order chi connectivity index (χ0) is 25.6. The monoisotopic (exact) mass is 499 g/mol. The lowest BCUT2D eigenvalue weighted by Crippen LogP contribution is -2.24. The normalized spacial score (nSPS) is 11.7. The number of amides is 2. The molecule has 2 aromatic carbocycles. The van der Waals surface area contributed by atoms with Crippen molar-refractivity contribution in [2.45, 2.75) is 50.6 Å². The fraction of sp³-hybridized carbons (Fsp3) is 0.400. The Kier molecular flexibility index (Phi) is 8.63. The van der Waals surface area contributed by atoms with Crippen molar-refractivity contribution in [3.05, 3.63) is 59.4 Å². The van der Waals surface area contributed by atoms with Gasteiger partial charge in [0.25, 0.3) is 5.91 Å². The van der Waals surface area contributed by atoms with Crippen molar-refractivity contribution in [3.63, 3.8) is 0 Å². The number of hydrogen-bond acceptors (Lipinski definition) is 5. The van der Waals surface area contributed by atoms with Crippen molar-refractivity contribution in [2.75, 3.05) is 21.1 Å². The van der Waals surface area contributed by atoms with E-state index >= 15 is 0 Å². The fourth-order valence-electron chi connectivity index (χ4n) is 3.77. The molecular weight excluding hydrogens is 466 g/mol. The zero-order valence-corrected chi connectivity index (χ0v) is 21.5. The van der Waals surface area contributed by atoms with Crippen LogP contribution in [0, 0.1) is 0 Å². The summed E-state index contributed by atoms with van der Waals surface area (Å²) in [7, 11) is 1.01. The van der Waals surface area contributed by atoms with Crippen molar-refractivity contribution in [1.29, 1.82) is 0 Å². The Labute approximate surface area is 206 Å². The number of imidazole rings is 1. The van der Waals surface area contributed by atoms with E-state index in [-0.39, 0.29) is 23.1 Å². The second-order valence-electron chi connectivity index (χ2n) is 8.53. The van der Waals surface area contributed by atoms with E-state index in [9.17, 15) is 18.0 Å². The van der Waals surface area contributed by atoms with Gasteiger partial charge in [-0.05, 0) is 42.3 Å². The summed E-state index contributed by atoms with van der Waals surface area (Å²) in [5.41, 5.74) is 2.84. The number of benzene rings is 2. The van der Waals surface area contributed by atoms with Crippen molar-refractivity contribution < 1.29 is 18.0 Å². The Morgan fingerprint density at radius 2 is 1.89 bits per heavy atom. The van der Waals surface area contributed by atoms with E-state index in [1.807, 2.05) is 6.07 Å². The van der Waals surface area contributed by atoms with Gasteiger partial charge in [0.05, 0.1) is 15.9 Å². The van der Waals surface area contributed by atoms with Gasteiger partial charge in [-0.1, -0.05) is 25.5 Å². The third kappa shape index (κ3) is 6.26. The minimum Gasteiger partial charge on any atom is -0.355 e. The van der Waals surface area contributed by atoms with Crippen LogP contribution in [0.5, 0.6) is 0 Å². The van der Waals surface area contributed by atoms with Gasteiger partial charge in [0.2, 0.25) is 15.9 Å². The van der Waals surface area contributed by atoms with Gasteiger partial charge >= 0.3 is 0 Å². The smallest absolute Gasteiger partial charge is 0.251 e. The van der Waals surface area contributed by atoms with Gasteiger partial charge in [-0.2, -0.15) is 0 Å². The second-order valence-corrected chi connectivity index (χ2v) is 10.7. The van der Waals surface area contributed by atoms with Gasteiger partial charge in [0.1, 0.15) is 5.82 Å². The number of unbranched alkanes of at least 4 members (excludes halogenated alkanes) is 1. The van der Waals surface area contributed by atoms with Crippen molar-refractivity contribution in [2.24, 2.45) is 0 Å². The molecule has 3 aromatic rings. The third-order valence-corrected chi connectivity index (χ3v) is 7.61. The SMILES string of the molecule is CCCCn1c(CCC(=O)NCc2cccc(C(=O)NC)c2)nc2cc(S(=O)(=O)N(C)C)ccc21. The van der Waals surface area contributed by atoms with E-state index in [0.29, 0.717) is 24.0 Å². The Bertz CT molecular complexity index is 1310. The van der Waals surface area contributed by atoms with E-state index in [1.54, 1.807) is 43.4 Å². The minimum absolute atomic E-state index is 0.125. The predicted octanol–water partition coefficient (Wildman–Crippen LogP) is 2.70. The molecule has 0 atom stereocenters. The van der Waals surface area contributed by atoms with Gasteiger partial charge in [-0.3, -0.25) is 9.59 Å². The molecule has 2 amide bonds. The van der Waals surface area contributed by atoms with Crippen LogP contribution in [0.4, 0.5) is 0 Å². The van der Waals surface area contributed by atoms with Crippen LogP contribution in [0.1, 0.15) is 47.9 Å². The van der Waals surface area contributed by atoms with Crippen molar-refractivity contribution in [1.82, 2.24) is 24.5 Å². The lowest BCUT2D eigenvalue weighted by Gasteiger charge is -2.11. The maximum Gasteiger partial charge on any atom is 0.251 e. The Morgan fingerprint density at radius 3 is 2.57 bits per heavy atom. The maximum atomic E-state index is 12.6. The molecule has 10 heteroatoms. The van der Waals surface area contributed by atoms with Gasteiger partial charge in [0.15, 0.2) is 0 Å². The topological polar surface area (TPSA) is 113 Å². The summed E-state index contributed by atoms with van der Waals surface area (Å²) in [6.07, 6.45) is 2.62. The quantitative estimate of drug-likeness (QED) is 0.421. The summed E-state index contributed by atoms with van der Waals surface area (Å²) in [4.78, 5) is 29.2. The van der Waals surface area contributed by atoms with Crippen LogP contribution in [-0.4, -0.2) is 55.2 Å². The molecule has 0 aliphatic carbocycles. The lowest BCUT2D eigenvalue weighted by atomic mass is 10.1. The maximum absolute atomic E-state index is 12.6. The van der Waals surface area contributed by atoms with Crippen LogP contribution in [0.2, 0.25) is 0 Å². The largest absolute Gasteiger partial charge is 0.355 e. The molecule has 0 fully saturated rings. The highest BCUT2D eigenvalue weighted by Gasteiger charge is 2.20. The summed E-state index contributed by atoms with van der Waals surface area (Å²) in [5, 5.41) is 5.49. The summed E-state index contributed by atoms with van der Waals surface area (Å²) in [6, 6.07) is 12.1. The molecule has 0 bridgehead atoms. The first-order valence-electron chi connectivity index (χ1n) is 11.7. The van der Waals surface area contributed by atoms with Crippen LogP contribution < -0.4 is 10.6 Å². The number of rotatable bonds is 11. The Hall–Kier alpha value is -3.24. The average molecular weight is 500 g/mol. The first-order valence-corrected chi connectivity index (χ1v) is 13.1. The minimum atomic E-state index is -3.56. The van der Waals surface area contributed by atoms with Crippen LogP contribution in [0.15, 0.2) is 47.4 Å². The molecule has 1 heterocycles. The number of carbonyl (C=O) groups is 2. The van der Waals surface area contributed by atoms with Crippen molar-refractivity contribution >= 4 is 32.9 Å². The number of aryl methyl sites for hydroxylation is 2. The standard InChI is InChI=1S/C25H33N5O4S/c1-5-6-14-30-22-11-10-20(35(33,34)29(3)4)16-21(22)28-23(30)12-13-24(31)27-17-18-8-7-9-19(15-18)25(32)26-2/h7-11,15-16H,5-6,12-14,17H2,1-4H3,(H,26,32)(H,27,31). The van der Waals surface area contributed by atoms with Gasteiger partial charge in [-0.25, -0.2) is 17.7 Å². The molecule has 188 valence electrons. The second kappa shape index (κ2) is 11.5. The van der Waals surface area contributed by atoms with E-state index in [4.69, 9.17) is 0 Å². The highest BCUT2D eigenvalue weighted by atomic mass is 32.2. The van der Waals surface area contributed by atoms with E-state index in [2.05, 4.69) is 27.1 Å². The third-order valence-electron chi connectivity index (χ3n) is 5.79. The number of hydrogen-bond donors (Lipinski definition) is 2. The van der Waals surface area contributed by atoms with E-state index < -0.39 is 10.0 Å². The number of nitrogens with zero attached hydrogens (tertiary/aromatic N) is 3. The summed E-state index contributed by atoms with van der Waals surface area (Å²) in [5.74, 6) is 0.454. The summed E-state index contributed by atoms with van der Waals surface area (Å²) < 4.78 is 28.3. The fourth-order valence-corrected chi connectivity index (χ4v) is 4.69. The summed E-state index contributed by atoms with van der Waals surface area (Å²) in [6.45, 7) is 3.17. The van der Waals surface area contributed by atoms with E-state index in [1.165, 1.54) is 18.4 Å². The van der Waals surface area contributed by atoms with Gasteiger partial charge in [-0.15, -0.1) is 0 Å². The average Bonchev–Trinajstić information content (AvgIpc) is 3.20. The molecule has 1 aromatic heterocycles. The number of carbonyl (C=O) groups excluding carboxylic acids is 2.